The van der Waals surface area contributed by atoms with E-state index in [4.69, 9.17) is 4.74 Å². The number of aryl methyl sites for hydroxylation is 1. The lowest BCUT2D eigenvalue weighted by Crippen LogP contribution is -2.43. The van der Waals surface area contributed by atoms with Crippen LogP contribution in [-0.2, 0) is 6.54 Å². The number of piperidine rings is 1. The van der Waals surface area contributed by atoms with Crippen LogP contribution in [0.1, 0.15) is 58.7 Å². The van der Waals surface area contributed by atoms with Crippen LogP contribution < -0.4 is 15.6 Å². The molecule has 0 radical (unpaired) electrons. The lowest BCUT2D eigenvalue weighted by Gasteiger charge is -2.39. The smallest absolute Gasteiger partial charge is 0.256 e. The van der Waals surface area contributed by atoms with Gasteiger partial charge in [-0.05, 0) is 71.5 Å². The number of aromatic amines is 1. The first-order valence-electron chi connectivity index (χ1n) is 13.7. The molecule has 4 aromatic heterocycles. The molecule has 2 N–H and O–H groups in total. The minimum Gasteiger partial charge on any atom is -0.496 e. The van der Waals surface area contributed by atoms with Crippen LogP contribution in [0.3, 0.4) is 0 Å². The van der Waals surface area contributed by atoms with Gasteiger partial charge >= 0.3 is 0 Å². The Morgan fingerprint density at radius 2 is 2.00 bits per heavy atom. The molecule has 0 aromatic carbocycles. The van der Waals surface area contributed by atoms with Crippen LogP contribution in [0, 0.1) is 13.8 Å². The molecule has 5 rings (SSSR count). The van der Waals surface area contributed by atoms with Gasteiger partial charge in [-0.1, -0.05) is 0 Å². The number of H-pyrrole nitrogens is 1. The molecule has 40 heavy (non-hydrogen) atoms. The summed E-state index contributed by atoms with van der Waals surface area (Å²) in [4.78, 5) is 39.3. The molecule has 10 heteroatoms. The normalized spacial score (nSPS) is 15.6. The van der Waals surface area contributed by atoms with E-state index >= 15 is 0 Å². The minimum absolute atomic E-state index is 0.0678. The fraction of sp³-hybridized carbons (Fsp3) is 0.433. The molecular weight excluding hydrogens is 524 g/mol. The predicted molar refractivity (Wildman–Crippen MR) is 159 cm³/mol. The Bertz CT molecular complexity index is 1560. The summed E-state index contributed by atoms with van der Waals surface area (Å²) in [6, 6.07) is 6.53. The molecular formula is C30H38N6O3S. The molecule has 1 aliphatic heterocycles. The largest absolute Gasteiger partial charge is 0.496 e. The van der Waals surface area contributed by atoms with Gasteiger partial charge in [0.15, 0.2) is 0 Å². The number of fused-ring (bicyclic) bond motifs is 1. The summed E-state index contributed by atoms with van der Waals surface area (Å²) < 4.78 is 7.65. The highest BCUT2D eigenvalue weighted by Crippen LogP contribution is 2.34. The lowest BCUT2D eigenvalue weighted by atomic mass is 9.97. The summed E-state index contributed by atoms with van der Waals surface area (Å²) in [6.07, 6.45) is 6.27. The van der Waals surface area contributed by atoms with Crippen LogP contribution >= 0.6 is 11.3 Å². The number of methoxy groups -OCH3 is 1. The van der Waals surface area contributed by atoms with Crippen molar-refractivity contribution in [2.24, 2.45) is 0 Å². The van der Waals surface area contributed by atoms with Gasteiger partial charge in [0.1, 0.15) is 5.75 Å². The molecule has 1 saturated heterocycles. The first kappa shape index (κ1) is 28.1. The number of pyridine rings is 2. The van der Waals surface area contributed by atoms with Crippen LogP contribution in [0.15, 0.2) is 40.9 Å². The number of thiazole rings is 1. The molecule has 9 nitrogen and oxygen atoms in total. The topological polar surface area (TPSA) is 95.0 Å². The van der Waals surface area contributed by atoms with Gasteiger partial charge in [0, 0.05) is 65.6 Å². The lowest BCUT2D eigenvalue weighted by molar-refractivity contribution is 0.0948. The number of amides is 1. The number of hydrogen-bond acceptors (Lipinski definition) is 7. The third-order valence-corrected chi connectivity index (χ3v) is 9.02. The van der Waals surface area contributed by atoms with Crippen molar-refractivity contribution in [2.45, 2.75) is 52.2 Å². The van der Waals surface area contributed by atoms with Crippen molar-refractivity contribution in [1.82, 2.24) is 29.5 Å². The van der Waals surface area contributed by atoms with Crippen molar-refractivity contribution in [3.05, 3.63) is 74.5 Å². The Hall–Kier alpha value is -3.47. The molecule has 0 saturated carbocycles. The number of carbonyl (C=O) groups is 1. The SMILES string of the molecule is COc1cc(C)[nH]c(=O)c1CNC(=O)c1cc2cc(-c3cncs3)cn2c(C(C)N2CCC(N(C)C)CC2)c1C. The van der Waals surface area contributed by atoms with E-state index in [0.29, 0.717) is 28.6 Å². The maximum absolute atomic E-state index is 13.7. The van der Waals surface area contributed by atoms with Gasteiger partial charge in [-0.15, -0.1) is 11.3 Å². The molecule has 0 bridgehead atoms. The molecule has 4 aromatic rings. The highest BCUT2D eigenvalue weighted by molar-refractivity contribution is 7.13. The summed E-state index contributed by atoms with van der Waals surface area (Å²) in [5.41, 5.74) is 7.35. The third-order valence-electron chi connectivity index (χ3n) is 8.20. The number of ether oxygens (including phenoxy) is 1. The molecule has 1 amide bonds. The van der Waals surface area contributed by atoms with E-state index in [9.17, 15) is 9.59 Å². The van der Waals surface area contributed by atoms with Crippen LogP contribution in [0.2, 0.25) is 0 Å². The van der Waals surface area contributed by atoms with Gasteiger partial charge in [0.05, 0.1) is 29.6 Å². The van der Waals surface area contributed by atoms with E-state index < -0.39 is 0 Å². The second-order valence-electron chi connectivity index (χ2n) is 10.9. The van der Waals surface area contributed by atoms with Crippen LogP contribution in [-0.4, -0.2) is 70.4 Å². The van der Waals surface area contributed by atoms with Gasteiger partial charge in [0.25, 0.3) is 11.5 Å². The van der Waals surface area contributed by atoms with Crippen molar-refractivity contribution in [2.75, 3.05) is 34.3 Å². The monoisotopic (exact) mass is 562 g/mol. The van der Waals surface area contributed by atoms with E-state index in [1.807, 2.05) is 24.7 Å². The second kappa shape index (κ2) is 11.6. The Morgan fingerprint density at radius 3 is 2.65 bits per heavy atom. The Morgan fingerprint density at radius 1 is 1.25 bits per heavy atom. The fourth-order valence-corrected chi connectivity index (χ4v) is 6.48. The first-order valence-corrected chi connectivity index (χ1v) is 14.6. The number of likely N-dealkylation sites (tertiary alicyclic amines) is 1. The summed E-state index contributed by atoms with van der Waals surface area (Å²) in [5.74, 6) is 0.243. The molecule has 212 valence electrons. The number of aromatic nitrogens is 3. The van der Waals surface area contributed by atoms with Gasteiger partial charge in [-0.25, -0.2) is 0 Å². The average molecular weight is 563 g/mol. The summed E-state index contributed by atoms with van der Waals surface area (Å²) in [6.45, 7) is 8.13. The van der Waals surface area contributed by atoms with Crippen molar-refractivity contribution >= 4 is 22.8 Å². The van der Waals surface area contributed by atoms with Gasteiger partial charge in [0.2, 0.25) is 0 Å². The zero-order valence-electron chi connectivity index (χ0n) is 24.1. The van der Waals surface area contributed by atoms with Crippen molar-refractivity contribution in [1.29, 1.82) is 0 Å². The number of nitrogens with one attached hydrogen (secondary N) is 2. The maximum Gasteiger partial charge on any atom is 0.256 e. The molecule has 1 atom stereocenters. The van der Waals surface area contributed by atoms with Crippen LogP contribution in [0.4, 0.5) is 0 Å². The number of nitrogens with zero attached hydrogens (tertiary/aromatic N) is 4. The predicted octanol–water partition coefficient (Wildman–Crippen LogP) is 4.39. The van der Waals surface area contributed by atoms with Crippen molar-refractivity contribution < 1.29 is 9.53 Å². The fourth-order valence-electron chi connectivity index (χ4n) is 5.88. The maximum atomic E-state index is 13.7. The zero-order valence-corrected chi connectivity index (χ0v) is 24.9. The second-order valence-corrected chi connectivity index (χ2v) is 11.8. The molecule has 0 spiro atoms. The highest BCUT2D eigenvalue weighted by atomic mass is 32.1. The van der Waals surface area contributed by atoms with E-state index in [1.165, 1.54) is 7.11 Å². The van der Waals surface area contributed by atoms with Crippen molar-refractivity contribution in [3.8, 4) is 16.2 Å². The van der Waals surface area contributed by atoms with E-state index in [0.717, 1.165) is 53.1 Å². The van der Waals surface area contributed by atoms with E-state index in [2.05, 4.69) is 62.8 Å². The molecule has 1 aliphatic rings. The van der Waals surface area contributed by atoms with E-state index in [-0.39, 0.29) is 24.1 Å². The van der Waals surface area contributed by atoms with E-state index in [1.54, 1.807) is 24.3 Å². The molecule has 1 fully saturated rings. The van der Waals surface area contributed by atoms with Gasteiger partial charge in [-0.2, -0.15) is 0 Å². The number of carbonyl (C=O) groups excluding carboxylic acids is 1. The molecule has 1 unspecified atom stereocenters. The first-order chi connectivity index (χ1) is 19.2. The Kier molecular flexibility index (Phi) is 8.11. The number of hydrogen-bond donors (Lipinski definition) is 2. The zero-order chi connectivity index (χ0) is 28.6. The van der Waals surface area contributed by atoms with Crippen LogP contribution in [0.5, 0.6) is 5.75 Å². The summed E-state index contributed by atoms with van der Waals surface area (Å²) in [7, 11) is 5.83. The quantitative estimate of drug-likeness (QED) is 0.331. The van der Waals surface area contributed by atoms with Gasteiger partial charge in [-0.3, -0.25) is 19.5 Å². The highest BCUT2D eigenvalue weighted by Gasteiger charge is 2.28. The number of rotatable bonds is 8. The summed E-state index contributed by atoms with van der Waals surface area (Å²) in [5, 5.41) is 2.98. The van der Waals surface area contributed by atoms with Gasteiger partial charge < -0.3 is 24.3 Å². The third kappa shape index (κ3) is 5.43. The Balaban J connectivity index is 1.51. The Labute approximate surface area is 238 Å². The summed E-state index contributed by atoms with van der Waals surface area (Å²) >= 11 is 1.60. The average Bonchev–Trinajstić information content (AvgIpc) is 3.61. The molecule has 0 aliphatic carbocycles. The minimum atomic E-state index is -0.263. The van der Waals surface area contributed by atoms with Crippen molar-refractivity contribution in [3.63, 3.8) is 0 Å². The molecule has 5 heterocycles. The van der Waals surface area contributed by atoms with Crippen LogP contribution in [0.25, 0.3) is 16.0 Å². The standard InChI is InChI=1S/C30H38N6O3S/c1-18-11-26(39-6)25(30(38)33-18)14-32-29(37)24-13-23-12-21(27-15-31-17-40-27)16-36(23)28(19(24)2)20(3)35-9-7-22(8-10-35)34(4)5/h11-13,15-17,20,22H,7-10,14H2,1-6H3,(H,32,37)(H,33,38).